The van der Waals surface area contributed by atoms with Crippen LogP contribution in [0.4, 0.5) is 18.9 Å². The monoisotopic (exact) mass is 522 g/mol. The summed E-state index contributed by atoms with van der Waals surface area (Å²) in [6.07, 6.45) is 3.99. The highest BCUT2D eigenvalue weighted by atomic mass is 35.5. The predicted molar refractivity (Wildman–Crippen MR) is 128 cm³/mol. The second-order valence-electron chi connectivity index (χ2n) is 7.63. The summed E-state index contributed by atoms with van der Waals surface area (Å²) in [7, 11) is 1.51. The van der Waals surface area contributed by atoms with E-state index in [2.05, 4.69) is 26.8 Å². The number of ether oxygens (including phenoxy) is 2. The van der Waals surface area contributed by atoms with E-state index in [0.717, 1.165) is 0 Å². The van der Waals surface area contributed by atoms with E-state index in [9.17, 15) is 18.0 Å². The van der Waals surface area contributed by atoms with Crippen molar-refractivity contribution >= 4 is 47.7 Å². The molecule has 1 fully saturated rings. The van der Waals surface area contributed by atoms with Crippen molar-refractivity contribution in [2.45, 2.75) is 42.5 Å². The van der Waals surface area contributed by atoms with Crippen molar-refractivity contribution in [1.82, 2.24) is 5.32 Å². The number of nitrogens with zero attached hydrogens (tertiary/aromatic N) is 3. The lowest BCUT2D eigenvalue weighted by molar-refractivity contribution is -0.125. The third kappa shape index (κ3) is 7.61. The van der Waals surface area contributed by atoms with Gasteiger partial charge >= 0.3 is 5.57 Å². The highest BCUT2D eigenvalue weighted by Gasteiger charge is 2.44. The quantitative estimate of drug-likeness (QED) is 0.342. The lowest BCUT2D eigenvalue weighted by Crippen LogP contribution is -2.61. The number of alkyl halides is 5. The zero-order chi connectivity index (χ0) is 25.4. The van der Waals surface area contributed by atoms with Gasteiger partial charge in [-0.3, -0.25) is 14.8 Å². The number of rotatable bonds is 11. The van der Waals surface area contributed by atoms with Crippen molar-refractivity contribution < 1.29 is 27.4 Å². The molecule has 1 heterocycles. The molecular formula is C22H27Cl2F3N4O3. The van der Waals surface area contributed by atoms with Crippen molar-refractivity contribution in [1.29, 1.82) is 0 Å². The molecule has 1 aromatic carbocycles. The first kappa shape index (κ1) is 27.9. The maximum atomic E-state index is 14.2. The zero-order valence-electron chi connectivity index (χ0n) is 18.8. The summed E-state index contributed by atoms with van der Waals surface area (Å²) < 4.78 is 49.9. The normalized spacial score (nSPS) is 18.3. The SMILES string of the molecule is C=N/C=C(\C=N/C)[C@@](C)(C(=O)NC1CCOCC1)N(C[C@H](F)Cl)c1ccc(OC(F)(F)Cl)cc1. The first-order valence-electron chi connectivity index (χ1n) is 10.4. The van der Waals surface area contributed by atoms with Crippen molar-refractivity contribution in [3.05, 3.63) is 36.0 Å². The molecule has 0 bridgehead atoms. The molecule has 0 aromatic heterocycles. The van der Waals surface area contributed by atoms with Gasteiger partial charge in [0.25, 0.3) is 5.91 Å². The van der Waals surface area contributed by atoms with Crippen molar-refractivity contribution in [3.63, 3.8) is 0 Å². The van der Waals surface area contributed by atoms with E-state index in [0.29, 0.717) is 37.3 Å². The van der Waals surface area contributed by atoms with Crippen LogP contribution in [0.5, 0.6) is 5.75 Å². The molecule has 1 aromatic rings. The number of aliphatic imine (C=N–C) groups is 2. The molecule has 1 amide bonds. The van der Waals surface area contributed by atoms with E-state index in [4.69, 9.17) is 27.9 Å². The second kappa shape index (κ2) is 12.4. The van der Waals surface area contributed by atoms with Gasteiger partial charge in [0, 0.05) is 61.6 Å². The standard InChI is InChI=1S/C22H27Cl2F3N4O3/c1-21(15(12-28-2)13-29-3,20(32)30-16-8-10-33-11-9-16)31(14-19(23)25)17-4-6-18(7-5-17)34-22(24,26)27/h4-7,12-13,16,19H,2,8-11,14H2,1,3H3,(H,30,32)/b15-12+,29-13-/t19-,21-/m0/s1. The van der Waals surface area contributed by atoms with Crippen LogP contribution in [0.15, 0.2) is 46.0 Å². The Morgan fingerprint density at radius 2 is 2.00 bits per heavy atom. The lowest BCUT2D eigenvalue weighted by Gasteiger charge is -2.43. The van der Waals surface area contributed by atoms with Crippen LogP contribution in [0.3, 0.4) is 0 Å². The van der Waals surface area contributed by atoms with E-state index in [1.807, 2.05) is 0 Å². The average molecular weight is 523 g/mol. The molecule has 1 saturated heterocycles. The molecule has 34 heavy (non-hydrogen) atoms. The highest BCUT2D eigenvalue weighted by molar-refractivity contribution is 6.21. The van der Waals surface area contributed by atoms with E-state index < -0.39 is 29.2 Å². The minimum atomic E-state index is -3.90. The number of carbonyl (C=O) groups excluding carboxylic acids is 1. The summed E-state index contributed by atoms with van der Waals surface area (Å²) >= 11 is 10.5. The summed E-state index contributed by atoms with van der Waals surface area (Å²) in [5.74, 6) is -0.683. The maximum absolute atomic E-state index is 14.2. The van der Waals surface area contributed by atoms with Crippen LogP contribution in [0.25, 0.3) is 0 Å². The number of amides is 1. The fourth-order valence-corrected chi connectivity index (χ4v) is 3.84. The molecule has 0 unspecified atom stereocenters. The van der Waals surface area contributed by atoms with Gasteiger partial charge in [-0.25, -0.2) is 4.39 Å². The topological polar surface area (TPSA) is 75.5 Å². The molecule has 1 aliphatic heterocycles. The number of hydrogen-bond acceptors (Lipinski definition) is 6. The van der Waals surface area contributed by atoms with E-state index >= 15 is 0 Å². The summed E-state index contributed by atoms with van der Waals surface area (Å²) in [4.78, 5) is 22.9. The Morgan fingerprint density at radius 1 is 1.38 bits per heavy atom. The predicted octanol–water partition coefficient (Wildman–Crippen LogP) is 4.53. The molecule has 1 N–H and O–H groups in total. The number of benzene rings is 1. The van der Waals surface area contributed by atoms with Crippen molar-refractivity contribution in [3.8, 4) is 5.75 Å². The Labute approximate surface area is 206 Å². The molecule has 0 saturated carbocycles. The number of anilines is 1. The van der Waals surface area contributed by atoms with Crippen LogP contribution < -0.4 is 15.0 Å². The smallest absolute Gasteiger partial charge is 0.420 e. The van der Waals surface area contributed by atoms with Gasteiger partial charge < -0.3 is 19.7 Å². The maximum Gasteiger partial charge on any atom is 0.487 e. The summed E-state index contributed by atoms with van der Waals surface area (Å²) in [5, 5.41) is 2.99. The third-order valence-corrected chi connectivity index (χ3v) is 5.52. The van der Waals surface area contributed by atoms with E-state index in [1.165, 1.54) is 48.6 Å². The molecular weight excluding hydrogens is 496 g/mol. The van der Waals surface area contributed by atoms with Crippen LogP contribution in [-0.4, -0.2) is 68.4 Å². The van der Waals surface area contributed by atoms with E-state index in [-0.39, 0.29) is 11.8 Å². The number of nitrogens with one attached hydrogen (secondary N) is 1. The van der Waals surface area contributed by atoms with Crippen LogP contribution in [-0.2, 0) is 9.53 Å². The minimum absolute atomic E-state index is 0.155. The molecule has 0 radical (unpaired) electrons. The van der Waals surface area contributed by atoms with Crippen LogP contribution in [0.2, 0.25) is 0 Å². The highest BCUT2D eigenvalue weighted by Crippen LogP contribution is 2.34. The largest absolute Gasteiger partial charge is 0.487 e. The van der Waals surface area contributed by atoms with Gasteiger partial charge in [-0.2, -0.15) is 0 Å². The van der Waals surface area contributed by atoms with Gasteiger partial charge in [0.2, 0.25) is 0 Å². The first-order valence-corrected chi connectivity index (χ1v) is 11.2. The van der Waals surface area contributed by atoms with Gasteiger partial charge in [-0.15, -0.1) is 8.78 Å². The molecule has 2 rings (SSSR count). The van der Waals surface area contributed by atoms with Gasteiger partial charge in [0.05, 0.1) is 6.54 Å². The van der Waals surface area contributed by atoms with E-state index in [1.54, 1.807) is 6.92 Å². The Bertz CT molecular complexity index is 888. The molecule has 0 aliphatic carbocycles. The number of hydrogen-bond donors (Lipinski definition) is 1. The van der Waals surface area contributed by atoms with Gasteiger partial charge in [0.15, 0.2) is 5.63 Å². The minimum Gasteiger partial charge on any atom is -0.420 e. The summed E-state index contributed by atoms with van der Waals surface area (Å²) in [5.41, 5.74) is -6.72. The van der Waals surface area contributed by atoms with Gasteiger partial charge in [0.1, 0.15) is 11.3 Å². The Kier molecular flexibility index (Phi) is 10.2. The van der Waals surface area contributed by atoms with Crippen LogP contribution in [0.1, 0.15) is 19.8 Å². The molecule has 7 nitrogen and oxygen atoms in total. The van der Waals surface area contributed by atoms with Crippen molar-refractivity contribution in [2.24, 2.45) is 9.98 Å². The Hall–Kier alpha value is -2.30. The number of carbonyl (C=O) groups is 1. The average Bonchev–Trinajstić information content (AvgIpc) is 2.77. The Balaban J connectivity index is 2.55. The van der Waals surface area contributed by atoms with Gasteiger partial charge in [-0.05, 0) is 50.7 Å². The third-order valence-electron chi connectivity index (χ3n) is 5.30. The Morgan fingerprint density at radius 3 is 2.50 bits per heavy atom. The molecule has 12 heteroatoms. The number of halogens is 5. The molecule has 2 atom stereocenters. The summed E-state index contributed by atoms with van der Waals surface area (Å²) in [6.45, 7) is 5.60. The van der Waals surface area contributed by atoms with Crippen LogP contribution in [0, 0.1) is 0 Å². The van der Waals surface area contributed by atoms with Crippen molar-refractivity contribution in [2.75, 3.05) is 31.7 Å². The molecule has 188 valence electrons. The second-order valence-corrected chi connectivity index (χ2v) is 8.54. The molecule has 1 aliphatic rings. The fourth-order valence-electron chi connectivity index (χ4n) is 3.61. The lowest BCUT2D eigenvalue weighted by atomic mass is 9.87. The zero-order valence-corrected chi connectivity index (χ0v) is 20.3. The fraction of sp³-hybridized carbons (Fsp3) is 0.500. The summed E-state index contributed by atoms with van der Waals surface area (Å²) in [6, 6.07) is 5.07. The first-order chi connectivity index (χ1) is 16.0. The van der Waals surface area contributed by atoms with Gasteiger partial charge in [-0.1, -0.05) is 11.6 Å². The molecule has 0 spiro atoms. The van der Waals surface area contributed by atoms with Crippen LogP contribution >= 0.6 is 23.2 Å².